The van der Waals surface area contributed by atoms with Crippen molar-refractivity contribution in [2.24, 2.45) is 5.73 Å². The molecule has 12 heavy (non-hydrogen) atoms. The molecule has 0 aromatic heterocycles. The molecule has 5 heteroatoms. The van der Waals surface area contributed by atoms with Gasteiger partial charge in [0.2, 0.25) is 7.58 Å². The normalized spacial score (nSPS) is 13.2. The van der Waals surface area contributed by atoms with E-state index in [-0.39, 0.29) is 0 Å². The molecule has 3 N–H and O–H groups in total. The molecule has 0 heterocycles. The first-order valence-electron chi connectivity index (χ1n) is 4.17. The fourth-order valence-electron chi connectivity index (χ4n) is 0.795. The zero-order valence-electron chi connectivity index (χ0n) is 7.53. The van der Waals surface area contributed by atoms with E-state index in [2.05, 4.69) is 0 Å². The van der Waals surface area contributed by atoms with E-state index in [0.717, 1.165) is 25.8 Å². The van der Waals surface area contributed by atoms with E-state index in [0.29, 0.717) is 6.61 Å². The summed E-state index contributed by atoms with van der Waals surface area (Å²) in [6.07, 6.45) is 6.29. The fourth-order valence-corrected chi connectivity index (χ4v) is 1.73. The summed E-state index contributed by atoms with van der Waals surface area (Å²) in [4.78, 5) is 9.05. The number of rotatable bonds is 8. The monoisotopic (exact) mass is 211 g/mol. The van der Waals surface area contributed by atoms with Crippen molar-refractivity contribution in [1.29, 1.82) is 0 Å². The standard InChI is InChI=1S/C7H18NO2PS/c1-12-11(9)10-7-5-3-2-4-6-8/h9H,2-8H2,1H3. The van der Waals surface area contributed by atoms with E-state index >= 15 is 0 Å². The topological polar surface area (TPSA) is 55.5 Å². The highest BCUT2D eigenvalue weighted by Gasteiger charge is 2.00. The van der Waals surface area contributed by atoms with Crippen LogP contribution in [0.15, 0.2) is 0 Å². The summed E-state index contributed by atoms with van der Waals surface area (Å²) in [6.45, 7) is 1.45. The molecule has 0 rings (SSSR count). The van der Waals surface area contributed by atoms with Gasteiger partial charge in [0.25, 0.3) is 0 Å². The van der Waals surface area contributed by atoms with E-state index < -0.39 is 7.58 Å². The Morgan fingerprint density at radius 1 is 1.33 bits per heavy atom. The summed E-state index contributed by atoms with van der Waals surface area (Å²) in [6, 6.07) is 0. The van der Waals surface area contributed by atoms with Gasteiger partial charge in [-0.15, -0.1) is 0 Å². The minimum atomic E-state index is -1.21. The smallest absolute Gasteiger partial charge is 0.234 e. The molecular weight excluding hydrogens is 193 g/mol. The minimum Gasteiger partial charge on any atom is -0.342 e. The maximum absolute atomic E-state index is 9.05. The van der Waals surface area contributed by atoms with Crippen molar-refractivity contribution in [3.05, 3.63) is 0 Å². The zero-order valence-corrected chi connectivity index (χ0v) is 9.24. The Morgan fingerprint density at radius 3 is 2.58 bits per heavy atom. The molecule has 0 aromatic carbocycles. The van der Waals surface area contributed by atoms with Crippen LogP contribution in [0.4, 0.5) is 0 Å². The molecule has 0 fully saturated rings. The van der Waals surface area contributed by atoms with E-state index in [4.69, 9.17) is 15.2 Å². The highest BCUT2D eigenvalue weighted by atomic mass is 32.7. The highest BCUT2D eigenvalue weighted by Crippen LogP contribution is 2.44. The van der Waals surface area contributed by atoms with E-state index in [1.54, 1.807) is 0 Å². The predicted molar refractivity (Wildman–Crippen MR) is 56.1 cm³/mol. The van der Waals surface area contributed by atoms with Crippen molar-refractivity contribution in [3.8, 4) is 0 Å². The lowest BCUT2D eigenvalue weighted by Crippen LogP contribution is -1.98. The second-order valence-electron chi connectivity index (χ2n) is 2.46. The van der Waals surface area contributed by atoms with Crippen LogP contribution < -0.4 is 5.73 Å². The molecule has 74 valence electrons. The van der Waals surface area contributed by atoms with Crippen molar-refractivity contribution < 1.29 is 9.42 Å². The largest absolute Gasteiger partial charge is 0.342 e. The first kappa shape index (κ1) is 12.7. The second kappa shape index (κ2) is 9.75. The van der Waals surface area contributed by atoms with Gasteiger partial charge in [0.1, 0.15) is 0 Å². The molecule has 0 radical (unpaired) electrons. The summed E-state index contributed by atoms with van der Waals surface area (Å²) in [5.74, 6) is 0. The lowest BCUT2D eigenvalue weighted by molar-refractivity contribution is 0.310. The van der Waals surface area contributed by atoms with Gasteiger partial charge in [0, 0.05) is 0 Å². The van der Waals surface area contributed by atoms with Crippen LogP contribution in [0.5, 0.6) is 0 Å². The summed E-state index contributed by atoms with van der Waals surface area (Å²) < 4.78 is 5.12. The molecule has 0 spiro atoms. The number of unbranched alkanes of at least 4 members (excludes halogenated alkanes) is 3. The zero-order chi connectivity index (χ0) is 9.23. The lowest BCUT2D eigenvalue weighted by atomic mass is 10.2. The Balaban J connectivity index is 2.90. The molecule has 0 saturated heterocycles. The molecule has 0 aliphatic rings. The lowest BCUT2D eigenvalue weighted by Gasteiger charge is -2.06. The number of hydrogen-bond acceptors (Lipinski definition) is 4. The molecular formula is C7H18NO2PS. The van der Waals surface area contributed by atoms with Gasteiger partial charge >= 0.3 is 0 Å². The van der Waals surface area contributed by atoms with Crippen molar-refractivity contribution in [2.45, 2.75) is 25.7 Å². The Labute approximate surface area is 79.7 Å². The highest BCUT2D eigenvalue weighted by molar-refractivity contribution is 8.52. The van der Waals surface area contributed by atoms with Gasteiger partial charge < -0.3 is 15.2 Å². The Morgan fingerprint density at radius 2 is 2.00 bits per heavy atom. The minimum absolute atomic E-state index is 0.674. The van der Waals surface area contributed by atoms with Gasteiger partial charge in [-0.2, -0.15) is 0 Å². The van der Waals surface area contributed by atoms with Crippen molar-refractivity contribution >= 4 is 19.0 Å². The summed E-state index contributed by atoms with van der Waals surface area (Å²) >= 11 is 1.37. The first-order valence-corrected chi connectivity index (χ1v) is 7.21. The van der Waals surface area contributed by atoms with Crippen LogP contribution in [0.1, 0.15) is 25.7 Å². The molecule has 1 unspecified atom stereocenters. The maximum Gasteiger partial charge on any atom is 0.234 e. The maximum atomic E-state index is 9.05. The molecule has 0 bridgehead atoms. The molecule has 0 aromatic rings. The quantitative estimate of drug-likeness (QED) is 0.477. The Hall–Kier alpha value is 0.660. The van der Waals surface area contributed by atoms with Gasteiger partial charge in [-0.3, -0.25) is 0 Å². The molecule has 0 aliphatic carbocycles. The molecule has 1 atom stereocenters. The van der Waals surface area contributed by atoms with E-state index in [9.17, 15) is 0 Å². The summed E-state index contributed by atoms with van der Waals surface area (Å²) in [5, 5.41) is 0. The SMILES string of the molecule is CSP(O)OCCCCCCN. The molecule has 3 nitrogen and oxygen atoms in total. The third-order valence-corrected chi connectivity index (χ3v) is 3.43. The van der Waals surface area contributed by atoms with Crippen LogP contribution in [0, 0.1) is 0 Å². The van der Waals surface area contributed by atoms with Gasteiger partial charge in [-0.05, 0) is 25.6 Å². The molecule has 0 aliphatic heterocycles. The van der Waals surface area contributed by atoms with Crippen molar-refractivity contribution in [1.82, 2.24) is 0 Å². The number of nitrogens with two attached hydrogens (primary N) is 1. The third kappa shape index (κ3) is 8.75. The van der Waals surface area contributed by atoms with Gasteiger partial charge in [-0.25, -0.2) is 0 Å². The van der Waals surface area contributed by atoms with Crippen LogP contribution in [-0.4, -0.2) is 24.3 Å². The third-order valence-electron chi connectivity index (χ3n) is 1.46. The fraction of sp³-hybridized carbons (Fsp3) is 1.00. The van der Waals surface area contributed by atoms with Crippen LogP contribution in [0.25, 0.3) is 0 Å². The molecule has 0 amide bonds. The summed E-state index contributed by atoms with van der Waals surface area (Å²) in [5.41, 5.74) is 5.34. The average molecular weight is 211 g/mol. The average Bonchev–Trinajstić information content (AvgIpc) is 2.10. The second-order valence-corrected chi connectivity index (χ2v) is 5.59. The van der Waals surface area contributed by atoms with Crippen LogP contribution >= 0.6 is 19.0 Å². The van der Waals surface area contributed by atoms with Gasteiger partial charge in [0.15, 0.2) is 0 Å². The van der Waals surface area contributed by atoms with Crippen molar-refractivity contribution in [2.75, 3.05) is 19.4 Å². The van der Waals surface area contributed by atoms with E-state index in [1.165, 1.54) is 17.8 Å². The van der Waals surface area contributed by atoms with Crippen molar-refractivity contribution in [3.63, 3.8) is 0 Å². The number of hydrogen-bond donors (Lipinski definition) is 2. The van der Waals surface area contributed by atoms with Crippen LogP contribution in [-0.2, 0) is 4.52 Å². The Bertz CT molecular complexity index is 97.5. The first-order chi connectivity index (χ1) is 5.81. The Kier molecular flexibility index (Phi) is 10.3. The molecule has 0 saturated carbocycles. The predicted octanol–water partition coefficient (Wildman–Crippen LogP) is 2.10. The van der Waals surface area contributed by atoms with E-state index in [1.807, 2.05) is 6.26 Å². The van der Waals surface area contributed by atoms with Gasteiger partial charge in [0.05, 0.1) is 6.61 Å². The van der Waals surface area contributed by atoms with Crippen LogP contribution in [0.3, 0.4) is 0 Å². The summed E-state index contributed by atoms with van der Waals surface area (Å²) in [7, 11) is -1.21. The van der Waals surface area contributed by atoms with Crippen LogP contribution in [0.2, 0.25) is 0 Å². The van der Waals surface area contributed by atoms with Gasteiger partial charge in [-0.1, -0.05) is 24.2 Å².